The van der Waals surface area contributed by atoms with Crippen molar-refractivity contribution in [2.75, 3.05) is 6.56 Å². The molecule has 0 aliphatic heterocycles. The quantitative estimate of drug-likeness (QED) is 0.444. The predicted molar refractivity (Wildman–Crippen MR) is 20.8 cm³/mol. The highest BCUT2D eigenvalue weighted by Crippen LogP contribution is 1.75. The third-order valence-electron chi connectivity index (χ3n) is 0.165. The van der Waals surface area contributed by atoms with Crippen molar-refractivity contribution in [3.05, 3.63) is 12.5 Å². The van der Waals surface area contributed by atoms with Gasteiger partial charge in [-0.25, -0.2) is 0 Å². The van der Waals surface area contributed by atoms with Crippen LogP contribution in [0.1, 0.15) is 13.7 Å². The largest absolute Gasteiger partial charge is 0.614 e. The molecule has 0 aromatic carbocycles. The maximum Gasteiger partial charge on any atom is 0.0438 e. The average molecular weight is 92.1 g/mol. The fourth-order valence-corrected chi connectivity index (χ4v) is 0.0569. The van der Waals surface area contributed by atoms with E-state index in [1.807, 2.05) is 0 Å². The zero-order valence-electron chi connectivity index (χ0n) is 8.02. The number of ether oxygens (including phenoxy) is 1. The molecule has 0 saturated carbocycles. The van der Waals surface area contributed by atoms with E-state index in [2.05, 4.69) is 11.3 Å². The normalized spacial score (nSPS) is 24.3. The molecule has 36 valence electrons. The Morgan fingerprint density at radius 1 is 2.50 bits per heavy atom. The first-order valence-corrected chi connectivity index (χ1v) is 1.22. The minimum absolute atomic E-state index is 1.20. The van der Waals surface area contributed by atoms with E-state index in [-0.39, 0.29) is 0 Å². The molecular weight excluding hydrogens is 80.0 g/mol. The van der Waals surface area contributed by atoms with E-state index in [0.29, 0.717) is 0 Å². The molecule has 0 spiro atoms. The topological polar surface area (TPSA) is 32.3 Å². The van der Waals surface area contributed by atoms with Crippen LogP contribution in [0.25, 0.3) is 0 Å². The predicted octanol–water partition coefficient (Wildman–Crippen LogP) is -0.146. The lowest BCUT2D eigenvalue weighted by molar-refractivity contribution is -0.355. The van der Waals surface area contributed by atoms with Crippen LogP contribution >= 0.6 is 0 Å². The van der Waals surface area contributed by atoms with Crippen LogP contribution in [0, 0.1) is 0 Å². The van der Waals surface area contributed by atoms with E-state index < -0.39 is 19.4 Å². The second-order valence-electron chi connectivity index (χ2n) is 0.576. The van der Waals surface area contributed by atoms with Gasteiger partial charge in [-0.05, 0) is 6.56 Å². The van der Waals surface area contributed by atoms with Gasteiger partial charge in [0.1, 0.15) is 0 Å². The lowest BCUT2D eigenvalue weighted by Crippen LogP contribution is -2.04. The Hall–Kier alpha value is -0.660. The van der Waals surface area contributed by atoms with Crippen molar-refractivity contribution in [2.45, 2.75) is 6.85 Å². The minimum Gasteiger partial charge on any atom is -0.614 e. The lowest BCUT2D eigenvalue weighted by atomic mass is 10.8. The number of rotatable bonds is 2. The Bertz CT molecular complexity index is 160. The summed E-state index contributed by atoms with van der Waals surface area (Å²) >= 11 is 0. The molecule has 0 N–H and O–H groups in total. The van der Waals surface area contributed by atoms with Crippen LogP contribution in [0.15, 0.2) is 12.5 Å². The zero-order valence-corrected chi connectivity index (χ0v) is 3.02. The van der Waals surface area contributed by atoms with Crippen LogP contribution in [-0.2, 0) is 4.74 Å². The van der Waals surface area contributed by atoms with E-state index in [9.17, 15) is 5.11 Å². The maximum atomic E-state index is 10.1. The van der Waals surface area contributed by atoms with Gasteiger partial charge in [0.05, 0.1) is 0 Å². The molecule has 0 amide bonds. The third kappa shape index (κ3) is 3.34. The van der Waals surface area contributed by atoms with Gasteiger partial charge in [0.15, 0.2) is 0 Å². The van der Waals surface area contributed by atoms with Crippen LogP contribution < -0.4 is 5.11 Å². The van der Waals surface area contributed by atoms with E-state index >= 15 is 0 Å². The van der Waals surface area contributed by atoms with Crippen LogP contribution in [0.3, 0.4) is 0 Å². The highest BCUT2D eigenvalue weighted by atomic mass is 16.6. The van der Waals surface area contributed by atoms with Gasteiger partial charge in [-0.3, -0.25) is 0 Å². The standard InChI is InChI=1S/C4H8O2/c1-3-6-4(2)5/h5H,2-3H2,1H3/p-1/i1D3,3D2. The maximum absolute atomic E-state index is 10.1. The van der Waals surface area contributed by atoms with Gasteiger partial charge in [-0.2, -0.15) is 0 Å². The van der Waals surface area contributed by atoms with Gasteiger partial charge >= 0.3 is 0 Å². The molecule has 0 radical (unpaired) electrons. The van der Waals surface area contributed by atoms with Crippen molar-refractivity contribution >= 4 is 0 Å². The summed E-state index contributed by atoms with van der Waals surface area (Å²) in [7, 11) is 0. The highest BCUT2D eigenvalue weighted by Gasteiger charge is 1.61. The molecule has 2 nitrogen and oxygen atoms in total. The van der Waals surface area contributed by atoms with Crippen molar-refractivity contribution < 1.29 is 16.7 Å². The summed E-state index contributed by atoms with van der Waals surface area (Å²) in [6.45, 7) is -3.24. The lowest BCUT2D eigenvalue weighted by Gasteiger charge is -2.07. The molecule has 0 bridgehead atoms. The van der Waals surface area contributed by atoms with Crippen LogP contribution in [-0.4, -0.2) is 6.56 Å². The second-order valence-corrected chi connectivity index (χ2v) is 0.576. The smallest absolute Gasteiger partial charge is 0.0438 e. The van der Waals surface area contributed by atoms with Gasteiger partial charge in [-0.1, -0.05) is 13.4 Å². The molecule has 2 heteroatoms. The van der Waals surface area contributed by atoms with Crippen molar-refractivity contribution in [1.29, 1.82) is 0 Å². The molecule has 0 heterocycles. The summed E-state index contributed by atoms with van der Waals surface area (Å²) in [6, 6.07) is 0. The Morgan fingerprint density at radius 2 is 3.17 bits per heavy atom. The summed E-state index contributed by atoms with van der Waals surface area (Å²) in [5.41, 5.74) is 0. The molecule has 0 aliphatic carbocycles. The number of hydrogen-bond donors (Lipinski definition) is 0. The van der Waals surface area contributed by atoms with Crippen molar-refractivity contribution in [1.82, 2.24) is 0 Å². The molecule has 6 heavy (non-hydrogen) atoms. The van der Waals surface area contributed by atoms with Crippen molar-refractivity contribution in [2.24, 2.45) is 0 Å². The van der Waals surface area contributed by atoms with Crippen LogP contribution in [0.5, 0.6) is 0 Å². The van der Waals surface area contributed by atoms with Gasteiger partial charge in [-0.15, -0.1) is 0 Å². The number of hydrogen-bond acceptors (Lipinski definition) is 2. The van der Waals surface area contributed by atoms with Crippen LogP contribution in [0.4, 0.5) is 0 Å². The Kier molecular flexibility index (Phi) is 0.494. The fourth-order valence-electron chi connectivity index (χ4n) is 0.0569. The van der Waals surface area contributed by atoms with Gasteiger partial charge in [0.25, 0.3) is 0 Å². The first-order chi connectivity index (χ1) is 4.67. The molecule has 0 fully saturated rings. The van der Waals surface area contributed by atoms with Gasteiger partial charge in [0.2, 0.25) is 0 Å². The summed E-state index contributed by atoms with van der Waals surface area (Å²) in [6.07, 6.45) is 0. The fraction of sp³-hybridized carbons (Fsp3) is 0.500. The molecule has 0 aromatic rings. The van der Waals surface area contributed by atoms with E-state index in [1.54, 1.807) is 0 Å². The molecule has 0 aromatic heterocycles. The summed E-state index contributed by atoms with van der Waals surface area (Å²) in [5.74, 6) is -1.20. The first-order valence-electron chi connectivity index (χ1n) is 3.72. The molecular formula is C4H7O2-. The third-order valence-corrected chi connectivity index (χ3v) is 0.165. The van der Waals surface area contributed by atoms with Crippen molar-refractivity contribution in [3.8, 4) is 0 Å². The minimum atomic E-state index is -2.97. The molecule has 0 aliphatic rings. The molecule has 0 rings (SSSR count). The SMILES string of the molecule is [2H]C([2H])([2H])C([2H])([2H])OC(=C)[O-]. The monoisotopic (exact) mass is 92.1 g/mol. The second kappa shape index (κ2) is 2.57. The molecule has 0 atom stereocenters. The Morgan fingerprint density at radius 3 is 3.33 bits per heavy atom. The summed E-state index contributed by atoms with van der Waals surface area (Å²) in [4.78, 5) is 0. The van der Waals surface area contributed by atoms with E-state index in [1.165, 1.54) is 0 Å². The van der Waals surface area contributed by atoms with Gasteiger partial charge < -0.3 is 9.84 Å². The Labute approximate surface area is 44.1 Å². The average Bonchev–Trinajstić information content (AvgIpc) is 1.56. The molecule has 0 unspecified atom stereocenters. The Balaban J connectivity index is 4.34. The summed E-state index contributed by atoms with van der Waals surface area (Å²) < 4.78 is 37.0. The van der Waals surface area contributed by atoms with Crippen molar-refractivity contribution in [3.63, 3.8) is 0 Å². The zero-order chi connectivity index (χ0) is 9.28. The highest BCUT2D eigenvalue weighted by molar-refractivity contribution is 4.57. The van der Waals surface area contributed by atoms with E-state index in [4.69, 9.17) is 6.85 Å². The van der Waals surface area contributed by atoms with E-state index in [0.717, 1.165) is 0 Å². The van der Waals surface area contributed by atoms with Gasteiger partial charge in [0, 0.05) is 12.8 Å². The summed E-state index contributed by atoms with van der Waals surface area (Å²) in [5, 5.41) is 10.1. The van der Waals surface area contributed by atoms with Crippen LogP contribution in [0.2, 0.25) is 0 Å². The molecule has 0 saturated heterocycles. The first kappa shape index (κ1) is 1.15.